The van der Waals surface area contributed by atoms with Gasteiger partial charge in [0.15, 0.2) is 0 Å². The Bertz CT molecular complexity index is 1850. The van der Waals surface area contributed by atoms with E-state index in [4.69, 9.17) is 31.4 Å². The highest BCUT2D eigenvalue weighted by molar-refractivity contribution is 7.99. The second kappa shape index (κ2) is 17.7. The van der Waals surface area contributed by atoms with Crippen LogP contribution in [0.1, 0.15) is 57.3 Å². The van der Waals surface area contributed by atoms with Crippen LogP contribution in [0.3, 0.4) is 0 Å². The molecule has 10 heteroatoms. The van der Waals surface area contributed by atoms with Crippen molar-refractivity contribution in [2.75, 3.05) is 35.2 Å². The van der Waals surface area contributed by atoms with Crippen molar-refractivity contribution in [1.82, 2.24) is 19.9 Å². The minimum atomic E-state index is 0.0585. The monoisotopic (exact) mass is 724 g/mol. The highest BCUT2D eigenvalue weighted by Crippen LogP contribution is 2.66. The number of aromatic nitrogens is 4. The fraction of sp³-hybridized carbons (Fsp3) is 0.238. The molecule has 264 valence electrons. The Morgan fingerprint density at radius 1 is 0.462 bits per heavy atom. The van der Waals surface area contributed by atoms with Crippen LogP contribution in [0, 0.1) is 0 Å². The van der Waals surface area contributed by atoms with Crippen LogP contribution in [0.15, 0.2) is 144 Å². The lowest BCUT2D eigenvalue weighted by atomic mass is 9.50. The fourth-order valence-electron chi connectivity index (χ4n) is 7.08. The van der Waals surface area contributed by atoms with Crippen LogP contribution in [0.2, 0.25) is 0 Å². The van der Waals surface area contributed by atoms with E-state index in [1.165, 1.54) is 22.3 Å². The van der Waals surface area contributed by atoms with Crippen molar-refractivity contribution in [3.05, 3.63) is 167 Å². The molecule has 2 heterocycles. The Kier molecular flexibility index (Phi) is 12.1. The first-order chi connectivity index (χ1) is 25.7. The van der Waals surface area contributed by atoms with Gasteiger partial charge < -0.3 is 22.1 Å². The molecule has 0 bridgehead atoms. The highest BCUT2D eigenvalue weighted by Gasteiger charge is 2.54. The molecule has 6 aromatic rings. The van der Waals surface area contributed by atoms with Gasteiger partial charge in [-0.25, -0.2) is 19.9 Å². The van der Waals surface area contributed by atoms with Gasteiger partial charge in [-0.2, -0.15) is 0 Å². The second-order valence-corrected chi connectivity index (χ2v) is 15.0. The van der Waals surface area contributed by atoms with Crippen LogP contribution < -0.4 is 22.1 Å². The molecule has 7 rings (SSSR count). The van der Waals surface area contributed by atoms with Gasteiger partial charge in [-0.1, -0.05) is 121 Å². The van der Waals surface area contributed by atoms with Crippen molar-refractivity contribution >= 4 is 35.4 Å². The second-order valence-electron chi connectivity index (χ2n) is 12.8. The zero-order chi connectivity index (χ0) is 35.5. The minimum absolute atomic E-state index is 0.0585. The molecule has 8 nitrogen and oxygen atoms in total. The maximum atomic E-state index is 5.97. The Labute approximate surface area is 314 Å². The molecule has 0 unspecified atom stereocenters. The standard InChI is InChI=1S/C42H44N8S2/c43-21-23-51-35-25-33(47-41(49-35)45-27-29-13-5-1-6-14-29)39-37(31-17-9-3-10-18-31)40(38(39)32-19-11-4-12-20-32)34-26-36(52-24-22-44)50-42(48-34)46-28-30-15-7-2-8-16-30/h1-20,25-26,37-40H,21-24,27-28,43-44H2,(H,45,47,49)(H,46,48,50). The van der Waals surface area contributed by atoms with Crippen LogP contribution >= 0.6 is 23.5 Å². The number of thioether (sulfide) groups is 2. The van der Waals surface area contributed by atoms with E-state index in [9.17, 15) is 0 Å². The summed E-state index contributed by atoms with van der Waals surface area (Å²) in [5.74, 6) is 3.10. The lowest BCUT2D eigenvalue weighted by Gasteiger charge is -2.52. The number of hydrogen-bond acceptors (Lipinski definition) is 10. The minimum Gasteiger partial charge on any atom is -0.350 e. The lowest BCUT2D eigenvalue weighted by Crippen LogP contribution is -2.41. The number of nitrogens with zero attached hydrogens (tertiary/aromatic N) is 4. The van der Waals surface area contributed by atoms with E-state index in [-0.39, 0.29) is 23.7 Å². The van der Waals surface area contributed by atoms with Gasteiger partial charge in [0, 0.05) is 61.4 Å². The van der Waals surface area contributed by atoms with Crippen LogP contribution in [-0.2, 0) is 13.1 Å². The zero-order valence-corrected chi connectivity index (χ0v) is 30.6. The topological polar surface area (TPSA) is 128 Å². The zero-order valence-electron chi connectivity index (χ0n) is 29.0. The van der Waals surface area contributed by atoms with Gasteiger partial charge in [0.05, 0.1) is 11.4 Å². The highest BCUT2D eigenvalue weighted by atomic mass is 32.2. The van der Waals surface area contributed by atoms with Crippen molar-refractivity contribution in [1.29, 1.82) is 0 Å². The van der Waals surface area contributed by atoms with Crippen molar-refractivity contribution in [2.45, 2.75) is 46.8 Å². The first-order valence-electron chi connectivity index (χ1n) is 17.8. The van der Waals surface area contributed by atoms with E-state index in [2.05, 4.69) is 132 Å². The lowest BCUT2D eigenvalue weighted by molar-refractivity contribution is 0.219. The van der Waals surface area contributed by atoms with E-state index in [1.54, 1.807) is 23.5 Å². The quantitative estimate of drug-likeness (QED) is 0.0575. The summed E-state index contributed by atoms with van der Waals surface area (Å²) < 4.78 is 0. The van der Waals surface area contributed by atoms with E-state index < -0.39 is 0 Å². The number of nitrogens with two attached hydrogens (primary N) is 2. The molecule has 0 radical (unpaired) electrons. The molecule has 1 saturated carbocycles. The number of nitrogens with one attached hydrogen (secondary N) is 2. The SMILES string of the molecule is NCCSc1cc(C2C(c3ccccc3)C(c3cc(SCCN)nc(NCc4ccccc4)n3)C2c2ccccc2)nc(NCc2ccccc2)n1. The van der Waals surface area contributed by atoms with E-state index in [1.807, 2.05) is 12.1 Å². The van der Waals surface area contributed by atoms with Crippen LogP contribution in [0.4, 0.5) is 11.9 Å². The summed E-state index contributed by atoms with van der Waals surface area (Å²) in [5, 5.41) is 8.89. The van der Waals surface area contributed by atoms with E-state index in [0.29, 0.717) is 38.1 Å². The smallest absolute Gasteiger partial charge is 0.224 e. The molecule has 52 heavy (non-hydrogen) atoms. The normalized spacial score (nSPS) is 18.0. The third kappa shape index (κ3) is 8.65. The Hall–Kier alpha value is -4.74. The van der Waals surface area contributed by atoms with Crippen molar-refractivity contribution in [2.24, 2.45) is 11.5 Å². The molecule has 0 spiro atoms. The summed E-state index contributed by atoms with van der Waals surface area (Å²) >= 11 is 3.34. The van der Waals surface area contributed by atoms with Crippen LogP contribution in [-0.4, -0.2) is 44.5 Å². The number of anilines is 2. The molecule has 0 aliphatic heterocycles. The third-order valence-corrected chi connectivity index (χ3v) is 11.3. The summed E-state index contributed by atoms with van der Waals surface area (Å²) in [4.78, 5) is 20.4. The predicted octanol–water partition coefficient (Wildman–Crippen LogP) is 8.04. The number of rotatable bonds is 16. The van der Waals surface area contributed by atoms with Crippen molar-refractivity contribution in [3.8, 4) is 0 Å². The maximum absolute atomic E-state index is 5.97. The Balaban J connectivity index is 1.32. The van der Waals surface area contributed by atoms with Crippen molar-refractivity contribution < 1.29 is 0 Å². The van der Waals surface area contributed by atoms with E-state index >= 15 is 0 Å². The first-order valence-corrected chi connectivity index (χ1v) is 19.8. The van der Waals surface area contributed by atoms with Crippen LogP contribution in [0.25, 0.3) is 0 Å². The molecule has 1 aliphatic carbocycles. The maximum Gasteiger partial charge on any atom is 0.224 e. The van der Waals surface area contributed by atoms with Gasteiger partial charge in [0.25, 0.3) is 0 Å². The summed E-state index contributed by atoms with van der Waals surface area (Å²) in [5.41, 5.74) is 18.8. The molecule has 1 aliphatic rings. The molecule has 0 atom stereocenters. The largest absolute Gasteiger partial charge is 0.350 e. The summed E-state index contributed by atoms with van der Waals surface area (Å²) in [6.45, 7) is 2.40. The molecule has 1 fully saturated rings. The van der Waals surface area contributed by atoms with Crippen molar-refractivity contribution in [3.63, 3.8) is 0 Å². The average Bonchev–Trinajstić information content (AvgIpc) is 3.19. The fourth-order valence-corrected chi connectivity index (χ4v) is 8.44. The average molecular weight is 725 g/mol. The third-order valence-electron chi connectivity index (χ3n) is 9.37. The van der Waals surface area contributed by atoms with Gasteiger partial charge in [0.2, 0.25) is 11.9 Å². The molecule has 2 aromatic heterocycles. The van der Waals surface area contributed by atoms with Gasteiger partial charge >= 0.3 is 0 Å². The number of hydrogen-bond donors (Lipinski definition) is 4. The summed E-state index contributed by atoms with van der Waals surface area (Å²) in [6.07, 6.45) is 0. The molecular formula is C42H44N8S2. The molecule has 0 amide bonds. The molecule has 6 N–H and O–H groups in total. The summed E-state index contributed by atoms with van der Waals surface area (Å²) in [6, 6.07) is 46.7. The number of benzene rings is 4. The Morgan fingerprint density at radius 2 is 0.827 bits per heavy atom. The first kappa shape index (κ1) is 35.7. The molecule has 0 saturated heterocycles. The Morgan fingerprint density at radius 3 is 1.19 bits per heavy atom. The van der Waals surface area contributed by atoms with Gasteiger partial charge in [0.1, 0.15) is 10.1 Å². The van der Waals surface area contributed by atoms with Crippen LogP contribution in [0.5, 0.6) is 0 Å². The van der Waals surface area contributed by atoms with Gasteiger partial charge in [-0.05, 0) is 34.4 Å². The summed E-state index contributed by atoms with van der Waals surface area (Å²) in [7, 11) is 0. The molecular weight excluding hydrogens is 681 g/mol. The van der Waals surface area contributed by atoms with Gasteiger partial charge in [-0.3, -0.25) is 0 Å². The van der Waals surface area contributed by atoms with Gasteiger partial charge in [-0.15, -0.1) is 23.5 Å². The predicted molar refractivity (Wildman–Crippen MR) is 215 cm³/mol. The van der Waals surface area contributed by atoms with E-state index in [0.717, 1.165) is 32.9 Å². The molecule has 4 aromatic carbocycles.